The van der Waals surface area contributed by atoms with E-state index in [-0.39, 0.29) is 12.5 Å². The molecule has 0 saturated heterocycles. The first-order valence-electron chi connectivity index (χ1n) is 10.8. The van der Waals surface area contributed by atoms with Crippen molar-refractivity contribution in [2.45, 2.75) is 5.92 Å². The van der Waals surface area contributed by atoms with Crippen LogP contribution in [0.5, 0.6) is 11.8 Å². The van der Waals surface area contributed by atoms with Crippen molar-refractivity contribution in [1.82, 2.24) is 4.73 Å². The molecule has 4 aromatic rings. The van der Waals surface area contributed by atoms with E-state index in [0.29, 0.717) is 16.1 Å². The highest BCUT2D eigenvalue weighted by Gasteiger charge is 2.29. The fourth-order valence-electron chi connectivity index (χ4n) is 4.11. The second-order valence-corrected chi connectivity index (χ2v) is 7.88. The normalized spacial score (nSPS) is 11.9. The molecular weight excluding hydrogens is 450 g/mol. The van der Waals surface area contributed by atoms with Gasteiger partial charge in [0.2, 0.25) is 11.8 Å². The van der Waals surface area contributed by atoms with E-state index in [0.717, 1.165) is 22.3 Å². The van der Waals surface area contributed by atoms with E-state index in [2.05, 4.69) is 34.9 Å². The summed E-state index contributed by atoms with van der Waals surface area (Å²) >= 11 is 0. The largest absolute Gasteiger partial charge is 0.492 e. The summed E-state index contributed by atoms with van der Waals surface area (Å²) in [6.07, 6.45) is -1.52. The molecule has 9 heteroatoms. The number of ether oxygens (including phenoxy) is 1. The molecule has 0 aliphatic heterocycles. The first-order valence-corrected chi connectivity index (χ1v) is 10.8. The minimum atomic E-state index is -0.927. The van der Waals surface area contributed by atoms with E-state index in [4.69, 9.17) is 9.57 Å². The molecule has 0 radical (unpaired) electrons. The summed E-state index contributed by atoms with van der Waals surface area (Å²) < 4.78 is 6.10. The van der Waals surface area contributed by atoms with Crippen LogP contribution < -0.4 is 15.5 Å². The van der Waals surface area contributed by atoms with Crippen LogP contribution in [0.4, 0.5) is 21.0 Å². The molecule has 0 unspecified atom stereocenters. The van der Waals surface area contributed by atoms with Crippen molar-refractivity contribution in [2.75, 3.05) is 17.2 Å². The zero-order valence-corrected chi connectivity index (χ0v) is 18.3. The van der Waals surface area contributed by atoms with Crippen molar-refractivity contribution in [3.63, 3.8) is 0 Å². The van der Waals surface area contributed by atoms with Crippen molar-refractivity contribution in [3.05, 3.63) is 96.1 Å². The van der Waals surface area contributed by atoms with Crippen LogP contribution in [0.25, 0.3) is 11.1 Å². The van der Waals surface area contributed by atoms with E-state index >= 15 is 0 Å². The Morgan fingerprint density at radius 3 is 1.74 bits per heavy atom. The first-order chi connectivity index (χ1) is 17.0. The maximum Gasteiger partial charge on any atom is 0.436 e. The van der Waals surface area contributed by atoms with Crippen molar-refractivity contribution in [1.29, 1.82) is 0 Å². The Morgan fingerprint density at radius 2 is 1.20 bits per heavy atom. The van der Waals surface area contributed by atoms with Crippen LogP contribution in [0.2, 0.25) is 0 Å². The van der Waals surface area contributed by atoms with Gasteiger partial charge in [0.1, 0.15) is 6.61 Å². The van der Waals surface area contributed by atoms with Crippen LogP contribution in [0.3, 0.4) is 0 Å². The third-order valence-electron chi connectivity index (χ3n) is 5.69. The van der Waals surface area contributed by atoms with Crippen molar-refractivity contribution >= 4 is 23.6 Å². The SMILES string of the molecule is O=C(Nc1ccc(NC(=O)On2c(O)ccc2O)cc1)OCC1c2ccccc2-c2ccccc21. The van der Waals surface area contributed by atoms with Gasteiger partial charge in [0.25, 0.3) is 0 Å². The van der Waals surface area contributed by atoms with Gasteiger partial charge in [-0.3, -0.25) is 10.6 Å². The van der Waals surface area contributed by atoms with E-state index in [1.165, 1.54) is 12.1 Å². The number of hydrogen-bond donors (Lipinski definition) is 4. The lowest BCUT2D eigenvalue weighted by Gasteiger charge is -2.14. The number of fused-ring (bicyclic) bond motifs is 3. The molecule has 3 aromatic carbocycles. The maximum absolute atomic E-state index is 12.4. The topological polar surface area (TPSA) is 122 Å². The Bertz CT molecular complexity index is 1330. The smallest absolute Gasteiger partial charge is 0.436 e. The van der Waals surface area contributed by atoms with E-state index < -0.39 is 23.9 Å². The third kappa shape index (κ3) is 4.47. The van der Waals surface area contributed by atoms with Gasteiger partial charge in [-0.1, -0.05) is 48.5 Å². The van der Waals surface area contributed by atoms with Crippen molar-refractivity contribution in [3.8, 4) is 22.9 Å². The lowest BCUT2D eigenvalue weighted by Crippen LogP contribution is -2.24. The monoisotopic (exact) mass is 471 g/mol. The molecular formula is C26H21N3O6. The Labute approximate surface area is 200 Å². The van der Waals surface area contributed by atoms with Gasteiger partial charge >= 0.3 is 12.2 Å². The lowest BCUT2D eigenvalue weighted by molar-refractivity contribution is 0.120. The molecule has 1 aliphatic rings. The van der Waals surface area contributed by atoms with E-state index in [9.17, 15) is 19.8 Å². The molecule has 0 spiro atoms. The van der Waals surface area contributed by atoms with E-state index in [1.54, 1.807) is 24.3 Å². The number of aromatic nitrogens is 1. The summed E-state index contributed by atoms with van der Waals surface area (Å²) in [5, 5.41) is 24.2. The van der Waals surface area contributed by atoms with Crippen LogP contribution in [0, 0.1) is 0 Å². The number of nitrogens with zero attached hydrogens (tertiary/aromatic N) is 1. The molecule has 2 amide bonds. The van der Waals surface area contributed by atoms with Crippen LogP contribution in [0.15, 0.2) is 84.9 Å². The molecule has 1 aromatic heterocycles. The molecule has 0 bridgehead atoms. The van der Waals surface area contributed by atoms with Crippen molar-refractivity contribution < 1.29 is 29.4 Å². The standard InChI is InChI=1S/C26H21N3O6/c30-23-13-14-24(31)29(23)35-26(33)28-17-11-9-16(10-12-17)27-25(32)34-15-22-20-7-3-1-5-18(20)19-6-2-4-8-21(19)22/h1-14,22,30-31H,15H2,(H,27,32)(H,28,33). The van der Waals surface area contributed by atoms with Crippen LogP contribution in [-0.4, -0.2) is 33.7 Å². The number of carbonyl (C=O) groups excluding carboxylic acids is 2. The zero-order valence-electron chi connectivity index (χ0n) is 18.3. The van der Waals surface area contributed by atoms with Gasteiger partial charge in [-0.05, 0) is 46.5 Å². The summed E-state index contributed by atoms with van der Waals surface area (Å²) in [6.45, 7) is 0.199. The molecule has 5 rings (SSSR count). The molecule has 35 heavy (non-hydrogen) atoms. The van der Waals surface area contributed by atoms with Gasteiger partial charge in [-0.25, -0.2) is 9.59 Å². The first kappa shape index (κ1) is 21.9. The lowest BCUT2D eigenvalue weighted by atomic mass is 9.98. The predicted octanol–water partition coefficient (Wildman–Crippen LogP) is 4.92. The van der Waals surface area contributed by atoms with Gasteiger partial charge in [0, 0.05) is 29.4 Å². The minimum Gasteiger partial charge on any atom is -0.492 e. The molecule has 176 valence electrons. The summed E-state index contributed by atoms with van der Waals surface area (Å²) in [5.74, 6) is -0.898. The molecule has 0 saturated carbocycles. The predicted molar refractivity (Wildman–Crippen MR) is 128 cm³/mol. The molecule has 1 aliphatic carbocycles. The van der Waals surface area contributed by atoms with Crippen LogP contribution in [0.1, 0.15) is 17.0 Å². The highest BCUT2D eigenvalue weighted by Crippen LogP contribution is 2.44. The van der Waals surface area contributed by atoms with Gasteiger partial charge in [0.15, 0.2) is 0 Å². The molecule has 4 N–H and O–H groups in total. The second kappa shape index (κ2) is 9.14. The van der Waals surface area contributed by atoms with Crippen LogP contribution in [-0.2, 0) is 4.74 Å². The molecule has 9 nitrogen and oxygen atoms in total. The highest BCUT2D eigenvalue weighted by atomic mass is 16.7. The average Bonchev–Trinajstić information content (AvgIpc) is 3.36. The Kier molecular flexibility index (Phi) is 5.72. The summed E-state index contributed by atoms with van der Waals surface area (Å²) in [7, 11) is 0. The molecule has 0 fully saturated rings. The zero-order chi connectivity index (χ0) is 24.4. The fourth-order valence-corrected chi connectivity index (χ4v) is 4.11. The second-order valence-electron chi connectivity index (χ2n) is 7.88. The van der Waals surface area contributed by atoms with Gasteiger partial charge in [-0.15, -0.1) is 4.73 Å². The Morgan fingerprint density at radius 1 is 0.714 bits per heavy atom. The summed E-state index contributed by atoms with van der Waals surface area (Å²) in [6, 6.07) is 24.8. The number of benzene rings is 3. The third-order valence-corrected chi connectivity index (χ3v) is 5.69. The molecule has 1 heterocycles. The number of anilines is 2. The number of nitrogens with one attached hydrogen (secondary N) is 2. The maximum atomic E-state index is 12.4. The van der Waals surface area contributed by atoms with Crippen LogP contribution >= 0.6 is 0 Å². The quantitative estimate of drug-likeness (QED) is 0.328. The fraction of sp³-hybridized carbons (Fsp3) is 0.0769. The summed E-state index contributed by atoms with van der Waals surface area (Å²) in [5.41, 5.74) is 5.42. The Balaban J connectivity index is 1.16. The van der Waals surface area contributed by atoms with Crippen molar-refractivity contribution in [2.24, 2.45) is 0 Å². The number of aromatic hydroxyl groups is 2. The van der Waals surface area contributed by atoms with Gasteiger partial charge in [0.05, 0.1) is 0 Å². The molecule has 0 atom stereocenters. The number of rotatable bonds is 5. The Hall–Kier alpha value is -4.92. The van der Waals surface area contributed by atoms with E-state index in [1.807, 2.05) is 24.3 Å². The minimum absolute atomic E-state index is 0.0371. The number of hydrogen-bond acceptors (Lipinski definition) is 6. The average molecular weight is 471 g/mol. The highest BCUT2D eigenvalue weighted by molar-refractivity contribution is 5.87. The van der Waals surface area contributed by atoms with Gasteiger partial charge in [-0.2, -0.15) is 0 Å². The number of amides is 2. The number of carbonyl (C=O) groups is 2. The summed E-state index contributed by atoms with van der Waals surface area (Å²) in [4.78, 5) is 29.2. The van der Waals surface area contributed by atoms with Gasteiger partial charge < -0.3 is 19.8 Å².